The molecule has 4 rings (SSSR count). The lowest BCUT2D eigenvalue weighted by Crippen LogP contribution is -2.55. The van der Waals surface area contributed by atoms with Gasteiger partial charge in [0.2, 0.25) is 11.8 Å². The number of rotatable bonds is 4. The average Bonchev–Trinajstić information content (AvgIpc) is 2.63. The Labute approximate surface area is 172 Å². The second kappa shape index (κ2) is 7.65. The third-order valence-corrected chi connectivity index (χ3v) is 5.54. The molecule has 0 saturated carbocycles. The Balaban J connectivity index is 1.65. The van der Waals surface area contributed by atoms with Gasteiger partial charge in [0, 0.05) is 19.5 Å². The fourth-order valence-corrected chi connectivity index (χ4v) is 3.64. The van der Waals surface area contributed by atoms with Crippen molar-refractivity contribution in [1.29, 1.82) is 0 Å². The van der Waals surface area contributed by atoms with E-state index in [2.05, 4.69) is 5.32 Å². The van der Waals surface area contributed by atoms with Crippen molar-refractivity contribution in [1.82, 2.24) is 5.32 Å². The average molecular weight is 419 g/mol. The van der Waals surface area contributed by atoms with Gasteiger partial charge < -0.3 is 19.7 Å². The largest absolute Gasteiger partial charge is 0.453 e. The van der Waals surface area contributed by atoms with Gasteiger partial charge in [-0.3, -0.25) is 9.59 Å². The van der Waals surface area contributed by atoms with Gasteiger partial charge in [-0.05, 0) is 30.2 Å². The molecule has 1 N–H and O–H groups in total. The maximum atomic E-state index is 13.6. The third-order valence-electron chi connectivity index (χ3n) is 5.23. The number of benzene rings is 2. The summed E-state index contributed by atoms with van der Waals surface area (Å²) in [6.45, 7) is 2.60. The van der Waals surface area contributed by atoms with E-state index in [0.717, 1.165) is 11.1 Å². The predicted octanol–water partition coefficient (Wildman–Crippen LogP) is 3.23. The van der Waals surface area contributed by atoms with E-state index in [-0.39, 0.29) is 28.5 Å². The number of carbonyl (C=O) groups is 2. The van der Waals surface area contributed by atoms with Crippen molar-refractivity contribution < 1.29 is 23.5 Å². The number of halogens is 2. The number of hydrogen-bond donors (Lipinski definition) is 1. The first-order valence-electron chi connectivity index (χ1n) is 9.26. The zero-order valence-electron chi connectivity index (χ0n) is 16.0. The molecule has 0 aromatic heterocycles. The lowest BCUT2D eigenvalue weighted by molar-refractivity contribution is -0.141. The number of anilines is 1. The van der Waals surface area contributed by atoms with Crippen molar-refractivity contribution in [3.63, 3.8) is 0 Å². The zero-order valence-corrected chi connectivity index (χ0v) is 16.8. The van der Waals surface area contributed by atoms with Crippen LogP contribution in [0.15, 0.2) is 30.3 Å². The quantitative estimate of drug-likeness (QED) is 0.827. The molecule has 0 unspecified atom stereocenters. The Hall–Kier alpha value is -2.64. The van der Waals surface area contributed by atoms with Crippen LogP contribution in [0.25, 0.3) is 0 Å². The molecule has 2 aromatic rings. The highest BCUT2D eigenvalue weighted by atomic mass is 35.5. The molecule has 1 saturated heterocycles. The standard InChI is InChI=1S/C21H20ClFN2O4/c1-11-3-4-12-7-16(24-20(26)13-9-28-10-13)21(27)25(2)18(12)19(11)29-17-8-14(23)5-6-15(17)22/h3-6,8,13,16H,7,9-10H2,1-2H3,(H,24,26)/t16-/m1/s1. The van der Waals surface area contributed by atoms with E-state index in [1.165, 1.54) is 23.1 Å². The number of nitrogens with one attached hydrogen (secondary N) is 1. The molecule has 2 aliphatic heterocycles. The van der Waals surface area contributed by atoms with Crippen LogP contribution in [0.4, 0.5) is 10.1 Å². The van der Waals surface area contributed by atoms with E-state index in [4.69, 9.17) is 21.1 Å². The number of carbonyl (C=O) groups excluding carboxylic acids is 2. The summed E-state index contributed by atoms with van der Waals surface area (Å²) >= 11 is 6.15. The van der Waals surface area contributed by atoms with Gasteiger partial charge in [0.1, 0.15) is 17.6 Å². The molecule has 29 heavy (non-hydrogen) atoms. The van der Waals surface area contributed by atoms with Gasteiger partial charge in [-0.2, -0.15) is 0 Å². The summed E-state index contributed by atoms with van der Waals surface area (Å²) in [5, 5.41) is 3.09. The van der Waals surface area contributed by atoms with Gasteiger partial charge in [-0.1, -0.05) is 23.7 Å². The number of amides is 2. The molecule has 8 heteroatoms. The second-order valence-electron chi connectivity index (χ2n) is 7.29. The normalized spacial score (nSPS) is 18.8. The van der Waals surface area contributed by atoms with Crippen LogP contribution in [0.2, 0.25) is 5.02 Å². The Morgan fingerprint density at radius 2 is 2.07 bits per heavy atom. The van der Waals surface area contributed by atoms with Gasteiger partial charge in [0.15, 0.2) is 5.75 Å². The number of hydrogen-bond acceptors (Lipinski definition) is 4. The minimum absolute atomic E-state index is 0.171. The molecule has 0 spiro atoms. The zero-order chi connectivity index (χ0) is 20.7. The SMILES string of the molecule is Cc1ccc2c(c1Oc1cc(F)ccc1Cl)N(C)C(=O)[C@H](NC(=O)C1COC1)C2. The van der Waals surface area contributed by atoms with Crippen LogP contribution in [0.1, 0.15) is 11.1 Å². The third kappa shape index (κ3) is 3.68. The lowest BCUT2D eigenvalue weighted by Gasteiger charge is -2.35. The number of fused-ring (bicyclic) bond motifs is 1. The predicted molar refractivity (Wildman–Crippen MR) is 106 cm³/mol. The molecular formula is C21H20ClFN2O4. The fraction of sp³-hybridized carbons (Fsp3) is 0.333. The minimum atomic E-state index is -0.658. The molecule has 0 bridgehead atoms. The van der Waals surface area contributed by atoms with Gasteiger partial charge >= 0.3 is 0 Å². The van der Waals surface area contributed by atoms with Gasteiger partial charge in [0.05, 0.1) is 29.8 Å². The summed E-state index contributed by atoms with van der Waals surface area (Å²) in [7, 11) is 1.63. The van der Waals surface area contributed by atoms with Crippen molar-refractivity contribution in [2.24, 2.45) is 5.92 Å². The van der Waals surface area contributed by atoms with Crippen molar-refractivity contribution >= 4 is 29.1 Å². The smallest absolute Gasteiger partial charge is 0.249 e. The highest BCUT2D eigenvalue weighted by Crippen LogP contribution is 2.42. The van der Waals surface area contributed by atoms with Crippen molar-refractivity contribution in [2.45, 2.75) is 19.4 Å². The Bertz CT molecular complexity index is 993. The molecule has 152 valence electrons. The number of likely N-dealkylation sites (N-methyl/N-ethyl adjacent to an activating group) is 1. The van der Waals surface area contributed by atoms with E-state index >= 15 is 0 Å². The molecule has 2 aromatic carbocycles. The summed E-state index contributed by atoms with van der Waals surface area (Å²) in [6.07, 6.45) is 0.339. The van der Waals surface area contributed by atoms with E-state index in [1.807, 2.05) is 19.1 Å². The van der Waals surface area contributed by atoms with Crippen molar-refractivity contribution in [2.75, 3.05) is 25.2 Å². The molecule has 2 heterocycles. The van der Waals surface area contributed by atoms with E-state index in [0.29, 0.717) is 31.1 Å². The molecule has 6 nitrogen and oxygen atoms in total. The molecule has 0 radical (unpaired) electrons. The Morgan fingerprint density at radius 3 is 2.76 bits per heavy atom. The molecular weight excluding hydrogens is 399 g/mol. The van der Waals surface area contributed by atoms with Crippen LogP contribution in [-0.2, 0) is 20.7 Å². The van der Waals surface area contributed by atoms with Crippen molar-refractivity contribution in [3.8, 4) is 11.5 Å². The van der Waals surface area contributed by atoms with Crippen LogP contribution in [0, 0.1) is 18.7 Å². The number of ether oxygens (including phenoxy) is 2. The maximum Gasteiger partial charge on any atom is 0.249 e. The van der Waals surface area contributed by atoms with Crippen LogP contribution in [-0.4, -0.2) is 38.1 Å². The Kier molecular flexibility index (Phi) is 5.19. The number of nitrogens with zero attached hydrogens (tertiary/aromatic N) is 1. The van der Waals surface area contributed by atoms with Crippen LogP contribution < -0.4 is 15.0 Å². The monoisotopic (exact) mass is 418 g/mol. The molecule has 2 aliphatic rings. The topological polar surface area (TPSA) is 67.9 Å². The summed E-state index contributed by atoms with van der Waals surface area (Å²) in [6, 6.07) is 6.98. The summed E-state index contributed by atoms with van der Waals surface area (Å²) < 4.78 is 24.6. The summed E-state index contributed by atoms with van der Waals surface area (Å²) in [4.78, 5) is 26.6. The lowest BCUT2D eigenvalue weighted by atomic mass is 9.94. The molecule has 1 atom stereocenters. The summed E-state index contributed by atoms with van der Waals surface area (Å²) in [5.41, 5.74) is 2.21. The van der Waals surface area contributed by atoms with Crippen molar-refractivity contribution in [3.05, 3.63) is 52.3 Å². The fourth-order valence-electron chi connectivity index (χ4n) is 3.48. The van der Waals surface area contributed by atoms with Crippen LogP contribution in [0.5, 0.6) is 11.5 Å². The highest BCUT2D eigenvalue weighted by molar-refractivity contribution is 6.32. The van der Waals surface area contributed by atoms with Gasteiger partial charge in [-0.25, -0.2) is 4.39 Å². The first-order chi connectivity index (χ1) is 13.8. The Morgan fingerprint density at radius 1 is 1.31 bits per heavy atom. The molecule has 2 amide bonds. The summed E-state index contributed by atoms with van der Waals surface area (Å²) in [5.74, 6) is -0.499. The van der Waals surface area contributed by atoms with Gasteiger partial charge in [-0.15, -0.1) is 0 Å². The van der Waals surface area contributed by atoms with Crippen LogP contribution >= 0.6 is 11.6 Å². The maximum absolute atomic E-state index is 13.6. The van der Waals surface area contributed by atoms with Gasteiger partial charge in [0.25, 0.3) is 0 Å². The molecule has 0 aliphatic carbocycles. The number of aryl methyl sites for hydroxylation is 1. The second-order valence-corrected chi connectivity index (χ2v) is 7.70. The first-order valence-corrected chi connectivity index (χ1v) is 9.64. The van der Waals surface area contributed by atoms with Crippen LogP contribution in [0.3, 0.4) is 0 Å². The first kappa shape index (κ1) is 19.7. The van der Waals surface area contributed by atoms with E-state index in [1.54, 1.807) is 7.05 Å². The highest BCUT2D eigenvalue weighted by Gasteiger charge is 2.37. The van der Waals surface area contributed by atoms with E-state index in [9.17, 15) is 14.0 Å². The molecule has 1 fully saturated rings. The van der Waals surface area contributed by atoms with E-state index < -0.39 is 11.9 Å². The minimum Gasteiger partial charge on any atom is -0.453 e.